The molecule has 0 aliphatic heterocycles. The summed E-state index contributed by atoms with van der Waals surface area (Å²) in [6.07, 6.45) is 0.617. The van der Waals surface area contributed by atoms with Crippen molar-refractivity contribution in [1.29, 1.82) is 0 Å². The molecule has 1 aromatic carbocycles. The Morgan fingerprint density at radius 2 is 1.95 bits per heavy atom. The molecule has 2 rings (SSSR count). The third-order valence-electron chi connectivity index (χ3n) is 2.97. The summed E-state index contributed by atoms with van der Waals surface area (Å²) in [5.41, 5.74) is 0.787. The zero-order chi connectivity index (χ0) is 14.8. The summed E-state index contributed by atoms with van der Waals surface area (Å²) in [6.45, 7) is 6.40. The highest BCUT2D eigenvalue weighted by atomic mass is 79.9. The van der Waals surface area contributed by atoms with E-state index in [1.807, 2.05) is 32.9 Å². The second-order valence-corrected chi connectivity index (χ2v) is 7.02. The maximum absolute atomic E-state index is 11.6. The monoisotopic (exact) mass is 340 g/mol. The van der Waals surface area contributed by atoms with Gasteiger partial charge < -0.3 is 15.4 Å². The van der Waals surface area contributed by atoms with Gasteiger partial charge in [0.05, 0.1) is 0 Å². The minimum atomic E-state index is -0.445. The maximum atomic E-state index is 11.6. The molecule has 1 aromatic rings. The van der Waals surface area contributed by atoms with Crippen molar-refractivity contribution in [3.05, 3.63) is 34.3 Å². The van der Waals surface area contributed by atoms with Crippen LogP contribution >= 0.6 is 15.9 Å². The summed E-state index contributed by atoms with van der Waals surface area (Å²) in [5, 5.41) is 6.30. The first kappa shape index (κ1) is 15.3. The molecule has 2 atom stereocenters. The Balaban J connectivity index is 1.68. The fourth-order valence-electron chi connectivity index (χ4n) is 1.89. The third-order valence-corrected chi connectivity index (χ3v) is 3.50. The lowest BCUT2D eigenvalue weighted by Crippen LogP contribution is -2.36. The lowest BCUT2D eigenvalue weighted by atomic mass is 10.2. The van der Waals surface area contributed by atoms with Gasteiger partial charge in [-0.3, -0.25) is 0 Å². The van der Waals surface area contributed by atoms with E-state index in [9.17, 15) is 4.79 Å². The number of alkyl carbamates (subject to hydrolysis) is 1. The summed E-state index contributed by atoms with van der Waals surface area (Å²) in [5.74, 6) is 0. The van der Waals surface area contributed by atoms with Gasteiger partial charge in [-0.2, -0.15) is 0 Å². The van der Waals surface area contributed by atoms with Crippen LogP contribution in [0.1, 0.15) is 32.8 Å². The van der Waals surface area contributed by atoms with E-state index in [4.69, 9.17) is 4.74 Å². The van der Waals surface area contributed by atoms with E-state index in [2.05, 4.69) is 38.7 Å². The average molecular weight is 341 g/mol. The van der Waals surface area contributed by atoms with Crippen molar-refractivity contribution in [3.63, 3.8) is 0 Å². The van der Waals surface area contributed by atoms with Crippen LogP contribution in [0.25, 0.3) is 0 Å². The first-order chi connectivity index (χ1) is 9.33. The van der Waals surface area contributed by atoms with E-state index in [0.29, 0.717) is 6.04 Å². The topological polar surface area (TPSA) is 50.4 Å². The number of amides is 1. The van der Waals surface area contributed by atoms with Gasteiger partial charge in [0, 0.05) is 23.1 Å². The largest absolute Gasteiger partial charge is 0.444 e. The first-order valence-electron chi connectivity index (χ1n) is 6.81. The molecule has 4 nitrogen and oxygen atoms in total. The van der Waals surface area contributed by atoms with Crippen LogP contribution < -0.4 is 10.6 Å². The van der Waals surface area contributed by atoms with Gasteiger partial charge in [0.1, 0.15) is 5.60 Å². The molecule has 1 aliphatic rings. The molecule has 1 amide bonds. The van der Waals surface area contributed by atoms with Crippen molar-refractivity contribution >= 4 is 22.0 Å². The van der Waals surface area contributed by atoms with Gasteiger partial charge >= 0.3 is 6.09 Å². The number of hydrogen-bond acceptors (Lipinski definition) is 3. The summed E-state index contributed by atoms with van der Waals surface area (Å²) < 4.78 is 6.31. The van der Waals surface area contributed by atoms with Crippen LogP contribution in [0, 0.1) is 0 Å². The molecule has 0 heterocycles. The second-order valence-electron chi connectivity index (χ2n) is 6.10. The summed E-state index contributed by atoms with van der Waals surface area (Å²) in [7, 11) is 0. The number of nitrogens with one attached hydrogen (secondary N) is 2. The van der Waals surface area contributed by atoms with Crippen LogP contribution in [0.2, 0.25) is 0 Å². The van der Waals surface area contributed by atoms with Crippen LogP contribution in [0.5, 0.6) is 0 Å². The number of halogens is 1. The Bertz CT molecular complexity index is 468. The van der Waals surface area contributed by atoms with Crippen molar-refractivity contribution < 1.29 is 9.53 Å². The molecule has 0 saturated heterocycles. The second kappa shape index (κ2) is 6.14. The molecule has 110 valence electrons. The lowest BCUT2D eigenvalue weighted by molar-refractivity contribution is 0.0522. The molecule has 2 unspecified atom stereocenters. The molecular weight excluding hydrogens is 320 g/mol. The highest BCUT2D eigenvalue weighted by molar-refractivity contribution is 9.10. The van der Waals surface area contributed by atoms with E-state index in [0.717, 1.165) is 17.4 Å². The number of benzene rings is 1. The van der Waals surface area contributed by atoms with E-state index in [1.165, 1.54) is 5.56 Å². The van der Waals surface area contributed by atoms with Crippen molar-refractivity contribution in [2.24, 2.45) is 0 Å². The normalized spacial score (nSPS) is 21.4. The zero-order valence-electron chi connectivity index (χ0n) is 12.1. The van der Waals surface area contributed by atoms with Gasteiger partial charge in [-0.25, -0.2) is 4.79 Å². The maximum Gasteiger partial charge on any atom is 0.407 e. The van der Waals surface area contributed by atoms with Crippen LogP contribution in [-0.2, 0) is 11.3 Å². The fraction of sp³-hybridized carbons (Fsp3) is 0.533. The summed E-state index contributed by atoms with van der Waals surface area (Å²) in [6, 6.07) is 8.73. The smallest absolute Gasteiger partial charge is 0.407 e. The van der Waals surface area contributed by atoms with E-state index >= 15 is 0 Å². The Kier molecular flexibility index (Phi) is 4.70. The van der Waals surface area contributed by atoms with Gasteiger partial charge in [0.25, 0.3) is 0 Å². The van der Waals surface area contributed by atoms with Gasteiger partial charge in [0.15, 0.2) is 0 Å². The van der Waals surface area contributed by atoms with Crippen LogP contribution in [-0.4, -0.2) is 23.8 Å². The Hall–Kier alpha value is -1.07. The third kappa shape index (κ3) is 5.13. The highest BCUT2D eigenvalue weighted by Crippen LogP contribution is 2.22. The highest BCUT2D eigenvalue weighted by Gasteiger charge is 2.38. The molecule has 0 aromatic heterocycles. The van der Waals surface area contributed by atoms with Gasteiger partial charge in [-0.05, 0) is 44.9 Å². The molecule has 0 radical (unpaired) electrons. The Labute approximate surface area is 128 Å². The van der Waals surface area contributed by atoms with Gasteiger partial charge in [0.2, 0.25) is 0 Å². The molecular formula is C15H21BrN2O2. The molecule has 1 aliphatic carbocycles. The number of carbonyl (C=O) groups is 1. The molecule has 1 fully saturated rings. The predicted molar refractivity (Wildman–Crippen MR) is 82.5 cm³/mol. The first-order valence-corrected chi connectivity index (χ1v) is 7.60. The quantitative estimate of drug-likeness (QED) is 0.884. The van der Waals surface area contributed by atoms with Crippen LogP contribution in [0.15, 0.2) is 28.7 Å². The number of ether oxygens (including phenoxy) is 1. The standard InChI is InChI=1S/C15H21BrN2O2/c1-15(2,3)20-14(19)18-13-8-12(13)17-9-10-4-6-11(16)7-5-10/h4-7,12-13,17H,8-9H2,1-3H3,(H,18,19). The van der Waals surface area contributed by atoms with E-state index in [1.54, 1.807) is 0 Å². The molecule has 1 saturated carbocycles. The van der Waals surface area contributed by atoms with Crippen molar-refractivity contribution in [2.45, 2.75) is 51.4 Å². The minimum absolute atomic E-state index is 0.181. The molecule has 20 heavy (non-hydrogen) atoms. The summed E-state index contributed by atoms with van der Waals surface area (Å²) >= 11 is 3.42. The molecule has 2 N–H and O–H groups in total. The van der Waals surface area contributed by atoms with Crippen molar-refractivity contribution in [3.8, 4) is 0 Å². The molecule has 0 bridgehead atoms. The van der Waals surface area contributed by atoms with E-state index < -0.39 is 5.60 Å². The fourth-order valence-corrected chi connectivity index (χ4v) is 2.15. The average Bonchev–Trinajstić information content (AvgIpc) is 3.04. The summed E-state index contributed by atoms with van der Waals surface area (Å²) in [4.78, 5) is 11.6. The van der Waals surface area contributed by atoms with Crippen molar-refractivity contribution in [2.75, 3.05) is 0 Å². The Morgan fingerprint density at radius 1 is 1.30 bits per heavy atom. The molecule has 0 spiro atoms. The number of rotatable bonds is 4. The number of hydrogen-bond donors (Lipinski definition) is 2. The van der Waals surface area contributed by atoms with Crippen LogP contribution in [0.4, 0.5) is 4.79 Å². The lowest BCUT2D eigenvalue weighted by Gasteiger charge is -2.19. The Morgan fingerprint density at radius 3 is 2.55 bits per heavy atom. The zero-order valence-corrected chi connectivity index (χ0v) is 13.7. The minimum Gasteiger partial charge on any atom is -0.444 e. The SMILES string of the molecule is CC(C)(C)OC(=O)NC1CC1NCc1ccc(Br)cc1. The van der Waals surface area contributed by atoms with Gasteiger partial charge in [-0.15, -0.1) is 0 Å². The van der Waals surface area contributed by atoms with Gasteiger partial charge in [-0.1, -0.05) is 28.1 Å². The molecule has 5 heteroatoms. The van der Waals surface area contributed by atoms with Crippen molar-refractivity contribution in [1.82, 2.24) is 10.6 Å². The number of carbonyl (C=O) groups excluding carboxylic acids is 1. The predicted octanol–water partition coefficient (Wildman–Crippen LogP) is 3.20. The van der Waals surface area contributed by atoms with E-state index in [-0.39, 0.29) is 12.1 Å². The van der Waals surface area contributed by atoms with Crippen LogP contribution in [0.3, 0.4) is 0 Å².